The minimum Gasteiger partial charge on any atom is -0.496 e. The third-order valence-corrected chi connectivity index (χ3v) is 7.50. The molecule has 1 amide bonds. The number of hydrogen-bond acceptors (Lipinski definition) is 8. The Morgan fingerprint density at radius 3 is 2.49 bits per heavy atom. The topological polar surface area (TPSA) is 88.6 Å². The summed E-state index contributed by atoms with van der Waals surface area (Å²) < 4.78 is 34.0. The van der Waals surface area contributed by atoms with Gasteiger partial charge in [0.2, 0.25) is 6.79 Å². The summed E-state index contributed by atoms with van der Waals surface area (Å²) in [7, 11) is 4.88. The molecule has 0 unspecified atom stereocenters. The molecule has 0 radical (unpaired) electrons. The summed E-state index contributed by atoms with van der Waals surface area (Å²) in [5, 5.41) is 0.785. The summed E-state index contributed by atoms with van der Waals surface area (Å²) in [6.07, 6.45) is 1.81. The maximum Gasteiger partial charge on any atom is 0.254 e. The number of hydrogen-bond donors (Lipinski definition) is 0. The Labute approximate surface area is 238 Å². The van der Waals surface area contributed by atoms with Gasteiger partial charge in [-0.3, -0.25) is 4.79 Å². The van der Waals surface area contributed by atoms with Crippen molar-refractivity contribution < 1.29 is 33.2 Å². The second-order valence-electron chi connectivity index (χ2n) is 9.95. The number of methoxy groups -OCH3 is 3. The normalized spacial score (nSPS) is 15.6. The van der Waals surface area contributed by atoms with Crippen molar-refractivity contribution in [2.45, 2.75) is 25.5 Å². The first kappa shape index (κ1) is 26.7. The van der Waals surface area contributed by atoms with Gasteiger partial charge in [0.1, 0.15) is 22.8 Å². The fourth-order valence-electron chi connectivity index (χ4n) is 5.46. The molecule has 0 spiro atoms. The highest BCUT2D eigenvalue weighted by Crippen LogP contribution is 2.39. The first-order valence-electron chi connectivity index (χ1n) is 13.6. The molecular formula is C32H32N2O7. The van der Waals surface area contributed by atoms with E-state index < -0.39 is 0 Å². The number of ether oxygens (including phenoxy) is 6. The number of carbonyl (C=O) groups is 1. The van der Waals surface area contributed by atoms with E-state index in [1.54, 1.807) is 39.5 Å². The van der Waals surface area contributed by atoms with Gasteiger partial charge in [-0.05, 0) is 66.9 Å². The molecule has 3 heterocycles. The van der Waals surface area contributed by atoms with E-state index in [2.05, 4.69) is 0 Å². The van der Waals surface area contributed by atoms with E-state index in [-0.39, 0.29) is 25.3 Å². The molecule has 0 N–H and O–H groups in total. The second kappa shape index (κ2) is 11.5. The zero-order chi connectivity index (χ0) is 28.3. The van der Waals surface area contributed by atoms with Crippen LogP contribution in [0, 0.1) is 0 Å². The predicted octanol–water partition coefficient (Wildman–Crippen LogP) is 5.48. The van der Waals surface area contributed by atoms with Crippen LogP contribution in [0.25, 0.3) is 22.2 Å². The van der Waals surface area contributed by atoms with Gasteiger partial charge in [0.15, 0.2) is 11.5 Å². The zero-order valence-electron chi connectivity index (χ0n) is 23.3. The van der Waals surface area contributed by atoms with Crippen molar-refractivity contribution in [1.29, 1.82) is 0 Å². The van der Waals surface area contributed by atoms with Crippen LogP contribution in [-0.4, -0.2) is 63.2 Å². The van der Waals surface area contributed by atoms with Crippen LogP contribution < -0.4 is 23.7 Å². The lowest BCUT2D eigenvalue weighted by molar-refractivity contribution is 0.0507. The smallest absolute Gasteiger partial charge is 0.254 e. The summed E-state index contributed by atoms with van der Waals surface area (Å²) in [5.41, 5.74) is 3.51. The molecule has 3 aromatic carbocycles. The Bertz CT molecular complexity index is 1580. The van der Waals surface area contributed by atoms with Gasteiger partial charge >= 0.3 is 0 Å². The molecular weight excluding hydrogens is 524 g/mol. The van der Waals surface area contributed by atoms with E-state index in [0.717, 1.165) is 29.4 Å². The van der Waals surface area contributed by atoms with E-state index in [9.17, 15) is 4.79 Å². The van der Waals surface area contributed by atoms with Gasteiger partial charge in [0.25, 0.3) is 5.91 Å². The van der Waals surface area contributed by atoms with Crippen LogP contribution in [-0.2, 0) is 11.3 Å². The van der Waals surface area contributed by atoms with E-state index in [1.165, 1.54) is 0 Å². The molecule has 2 aliphatic rings. The number of amides is 1. The van der Waals surface area contributed by atoms with Gasteiger partial charge < -0.3 is 33.3 Å². The molecule has 1 aromatic heterocycles. The van der Waals surface area contributed by atoms with Crippen molar-refractivity contribution >= 4 is 16.8 Å². The summed E-state index contributed by atoms with van der Waals surface area (Å²) in [5.74, 6) is 3.01. The van der Waals surface area contributed by atoms with Crippen molar-refractivity contribution in [3.8, 4) is 40.0 Å². The van der Waals surface area contributed by atoms with Crippen molar-refractivity contribution in [1.82, 2.24) is 9.88 Å². The minimum absolute atomic E-state index is 0.0503. The lowest BCUT2D eigenvalue weighted by Crippen LogP contribution is -2.37. The number of carbonyl (C=O) groups excluding carboxylic acids is 1. The Morgan fingerprint density at radius 2 is 1.71 bits per heavy atom. The Hall–Kier alpha value is -4.50. The van der Waals surface area contributed by atoms with Gasteiger partial charge in [-0.15, -0.1) is 0 Å². The fraction of sp³-hybridized carbons (Fsp3) is 0.312. The van der Waals surface area contributed by atoms with E-state index in [1.807, 2.05) is 47.4 Å². The van der Waals surface area contributed by atoms with Crippen LogP contribution in [0.2, 0.25) is 0 Å². The number of nitrogens with zero attached hydrogens (tertiary/aromatic N) is 2. The number of fused-ring (bicyclic) bond motifs is 2. The average molecular weight is 557 g/mol. The number of rotatable bonds is 9. The van der Waals surface area contributed by atoms with Crippen LogP contribution in [0.4, 0.5) is 0 Å². The van der Waals surface area contributed by atoms with E-state index in [4.69, 9.17) is 33.4 Å². The molecule has 1 atom stereocenters. The van der Waals surface area contributed by atoms with Crippen molar-refractivity contribution in [3.05, 3.63) is 71.8 Å². The zero-order valence-corrected chi connectivity index (χ0v) is 23.3. The highest BCUT2D eigenvalue weighted by atomic mass is 16.7. The molecule has 0 saturated carbocycles. The molecule has 4 aromatic rings. The predicted molar refractivity (Wildman–Crippen MR) is 153 cm³/mol. The lowest BCUT2D eigenvalue weighted by atomic mass is 10.0. The first-order valence-corrected chi connectivity index (χ1v) is 13.6. The second-order valence-corrected chi connectivity index (χ2v) is 9.95. The summed E-state index contributed by atoms with van der Waals surface area (Å²) in [6, 6.07) is 18.7. The molecule has 9 heteroatoms. The molecule has 0 bridgehead atoms. The molecule has 9 nitrogen and oxygen atoms in total. The SMILES string of the molecule is COc1ccccc1-c1nc2c(OC)ccc(OC)c2cc1CN(C[C@H]1CCCO1)C(=O)c1ccc2c(c1)OCO2. The third kappa shape index (κ3) is 5.20. The third-order valence-electron chi connectivity index (χ3n) is 7.50. The molecule has 1 saturated heterocycles. The number of aromatic nitrogens is 1. The fourth-order valence-corrected chi connectivity index (χ4v) is 5.46. The van der Waals surface area contributed by atoms with Crippen molar-refractivity contribution in [2.24, 2.45) is 0 Å². The molecule has 2 aliphatic heterocycles. The molecule has 0 aliphatic carbocycles. The van der Waals surface area contributed by atoms with Crippen LogP contribution in [0.3, 0.4) is 0 Å². The van der Waals surface area contributed by atoms with Gasteiger partial charge in [0, 0.05) is 36.2 Å². The minimum atomic E-state index is -0.137. The summed E-state index contributed by atoms with van der Waals surface area (Å²) in [4.78, 5) is 21.0. The standard InChI is InChI=1S/C32H32N2O7/c1-36-25-9-5-4-8-23(25)30-21(15-24-26(37-2)12-13-28(38-3)31(24)33-30)17-34(18-22-7-6-14-39-22)32(35)20-10-11-27-29(16-20)41-19-40-27/h4-5,8-13,15-16,22H,6-7,14,17-19H2,1-3H3/t22-/m1/s1. The van der Waals surface area contributed by atoms with E-state index in [0.29, 0.717) is 58.7 Å². The molecule has 6 rings (SSSR count). The Balaban J connectivity index is 1.49. The van der Waals surface area contributed by atoms with Gasteiger partial charge in [-0.1, -0.05) is 12.1 Å². The average Bonchev–Trinajstić information content (AvgIpc) is 3.71. The van der Waals surface area contributed by atoms with Crippen LogP contribution in [0.5, 0.6) is 28.7 Å². The van der Waals surface area contributed by atoms with E-state index >= 15 is 0 Å². The summed E-state index contributed by atoms with van der Waals surface area (Å²) >= 11 is 0. The van der Waals surface area contributed by atoms with Gasteiger partial charge in [0.05, 0.1) is 33.1 Å². The summed E-state index contributed by atoms with van der Waals surface area (Å²) in [6.45, 7) is 1.55. The largest absolute Gasteiger partial charge is 0.496 e. The van der Waals surface area contributed by atoms with Gasteiger partial charge in [-0.25, -0.2) is 4.98 Å². The molecule has 212 valence electrons. The van der Waals surface area contributed by atoms with Crippen LogP contribution in [0.15, 0.2) is 60.7 Å². The highest BCUT2D eigenvalue weighted by molar-refractivity contribution is 5.96. The van der Waals surface area contributed by atoms with Crippen molar-refractivity contribution in [2.75, 3.05) is 41.3 Å². The Morgan fingerprint density at radius 1 is 0.927 bits per heavy atom. The van der Waals surface area contributed by atoms with Crippen LogP contribution >= 0.6 is 0 Å². The first-order chi connectivity index (χ1) is 20.1. The number of para-hydroxylation sites is 1. The number of pyridine rings is 1. The quantitative estimate of drug-likeness (QED) is 0.268. The van der Waals surface area contributed by atoms with Gasteiger partial charge in [-0.2, -0.15) is 0 Å². The maximum absolute atomic E-state index is 14.1. The van der Waals surface area contributed by atoms with Crippen LogP contribution in [0.1, 0.15) is 28.8 Å². The lowest BCUT2D eigenvalue weighted by Gasteiger charge is -2.27. The highest BCUT2D eigenvalue weighted by Gasteiger charge is 2.27. The molecule has 41 heavy (non-hydrogen) atoms. The Kier molecular flexibility index (Phi) is 7.52. The van der Waals surface area contributed by atoms with Crippen molar-refractivity contribution in [3.63, 3.8) is 0 Å². The molecule has 1 fully saturated rings. The number of benzene rings is 3. The maximum atomic E-state index is 14.1. The monoisotopic (exact) mass is 556 g/mol.